The lowest BCUT2D eigenvalue weighted by atomic mass is 10.0. The second-order valence-electron chi connectivity index (χ2n) is 2.99. The number of halogens is 2. The van der Waals surface area contributed by atoms with Crippen LogP contribution in [0, 0.1) is 0 Å². The van der Waals surface area contributed by atoms with Gasteiger partial charge in [-0.05, 0) is 24.5 Å². The van der Waals surface area contributed by atoms with Crippen molar-refractivity contribution in [2.24, 2.45) is 5.73 Å². The highest BCUT2D eigenvalue weighted by Crippen LogP contribution is 2.24. The quantitative estimate of drug-likeness (QED) is 0.891. The van der Waals surface area contributed by atoms with Crippen molar-refractivity contribution >= 4 is 28.3 Å². The molecule has 0 aromatic heterocycles. The van der Waals surface area contributed by atoms with Crippen molar-refractivity contribution in [2.75, 3.05) is 6.61 Å². The zero-order valence-electron chi connectivity index (χ0n) is 7.82. The molecule has 1 aromatic rings. The lowest BCUT2D eigenvalue weighted by Crippen LogP contribution is -2.11. The number of nitrogens with two attached hydrogens (primary N) is 1. The highest BCUT2D eigenvalue weighted by molar-refractivity contribution is 9.10. The summed E-state index contributed by atoms with van der Waals surface area (Å²) in [6.45, 7) is 0.207. The molecule has 2 nitrogen and oxygen atoms in total. The molecule has 0 radical (unpaired) electrons. The summed E-state index contributed by atoms with van der Waals surface area (Å²) in [4.78, 5) is 0. The number of benzene rings is 1. The van der Waals surface area contributed by atoms with Crippen LogP contribution in [-0.4, -0.2) is 11.7 Å². The third-order valence-electron chi connectivity index (χ3n) is 1.98. The third kappa shape index (κ3) is 3.96. The van der Waals surface area contributed by atoms with Crippen molar-refractivity contribution in [2.45, 2.75) is 18.9 Å². The molecular formula is C10H15BrClNO. The fourth-order valence-corrected chi connectivity index (χ4v) is 1.82. The molecule has 4 heteroatoms. The topological polar surface area (TPSA) is 46.2 Å². The van der Waals surface area contributed by atoms with Crippen LogP contribution in [0.2, 0.25) is 0 Å². The van der Waals surface area contributed by atoms with E-state index < -0.39 is 0 Å². The van der Waals surface area contributed by atoms with Crippen LogP contribution in [0.3, 0.4) is 0 Å². The molecular weight excluding hydrogens is 265 g/mol. The molecule has 0 fully saturated rings. The number of aliphatic hydroxyl groups is 1. The zero-order chi connectivity index (χ0) is 9.68. The minimum Gasteiger partial charge on any atom is -0.396 e. The largest absolute Gasteiger partial charge is 0.396 e. The van der Waals surface area contributed by atoms with Crippen LogP contribution in [0.4, 0.5) is 0 Å². The summed E-state index contributed by atoms with van der Waals surface area (Å²) in [6.07, 6.45) is 1.57. The maximum absolute atomic E-state index is 8.66. The van der Waals surface area contributed by atoms with Gasteiger partial charge in [-0.2, -0.15) is 0 Å². The van der Waals surface area contributed by atoms with Gasteiger partial charge in [0.25, 0.3) is 0 Å². The first-order valence-electron chi connectivity index (χ1n) is 4.36. The number of rotatable bonds is 4. The SMILES string of the molecule is Cl.N[C@H](CCCO)c1ccccc1Br. The lowest BCUT2D eigenvalue weighted by molar-refractivity contribution is 0.280. The van der Waals surface area contributed by atoms with Gasteiger partial charge in [-0.15, -0.1) is 12.4 Å². The van der Waals surface area contributed by atoms with Gasteiger partial charge in [0.1, 0.15) is 0 Å². The Morgan fingerprint density at radius 2 is 2.00 bits per heavy atom. The molecule has 0 saturated heterocycles. The second kappa shape index (κ2) is 7.23. The van der Waals surface area contributed by atoms with Gasteiger partial charge in [-0.25, -0.2) is 0 Å². The van der Waals surface area contributed by atoms with E-state index in [1.54, 1.807) is 0 Å². The van der Waals surface area contributed by atoms with Gasteiger partial charge >= 0.3 is 0 Å². The van der Waals surface area contributed by atoms with Gasteiger partial charge in [0.15, 0.2) is 0 Å². The summed E-state index contributed by atoms with van der Waals surface area (Å²) in [5.41, 5.74) is 7.05. The highest BCUT2D eigenvalue weighted by atomic mass is 79.9. The highest BCUT2D eigenvalue weighted by Gasteiger charge is 2.07. The van der Waals surface area contributed by atoms with Crippen LogP contribution in [0.25, 0.3) is 0 Å². The van der Waals surface area contributed by atoms with Gasteiger partial charge in [-0.1, -0.05) is 34.1 Å². The molecule has 80 valence electrons. The summed E-state index contributed by atoms with van der Waals surface area (Å²) < 4.78 is 1.04. The van der Waals surface area contributed by atoms with E-state index >= 15 is 0 Å². The number of aliphatic hydroxyl groups excluding tert-OH is 1. The third-order valence-corrected chi connectivity index (χ3v) is 2.70. The normalized spacial score (nSPS) is 11.9. The van der Waals surface area contributed by atoms with Crippen LogP contribution in [0.1, 0.15) is 24.4 Å². The molecule has 3 N–H and O–H groups in total. The van der Waals surface area contributed by atoms with E-state index in [9.17, 15) is 0 Å². The predicted molar refractivity (Wildman–Crippen MR) is 64.6 cm³/mol. The first-order chi connectivity index (χ1) is 6.25. The summed E-state index contributed by atoms with van der Waals surface area (Å²) in [5, 5.41) is 8.66. The van der Waals surface area contributed by atoms with Crippen molar-refractivity contribution in [3.05, 3.63) is 34.3 Å². The van der Waals surface area contributed by atoms with Crippen molar-refractivity contribution in [3.63, 3.8) is 0 Å². The Morgan fingerprint density at radius 3 is 2.57 bits per heavy atom. The van der Waals surface area contributed by atoms with E-state index in [1.165, 1.54) is 0 Å². The minimum absolute atomic E-state index is 0. The molecule has 1 aromatic carbocycles. The monoisotopic (exact) mass is 279 g/mol. The maximum Gasteiger partial charge on any atom is 0.0431 e. The summed E-state index contributed by atoms with van der Waals surface area (Å²) in [7, 11) is 0. The van der Waals surface area contributed by atoms with E-state index in [1.807, 2.05) is 24.3 Å². The molecule has 0 unspecified atom stereocenters. The molecule has 0 aliphatic rings. The molecule has 0 aliphatic carbocycles. The van der Waals surface area contributed by atoms with E-state index in [4.69, 9.17) is 10.8 Å². The summed E-state index contributed by atoms with van der Waals surface area (Å²) >= 11 is 3.45. The van der Waals surface area contributed by atoms with Crippen LogP contribution >= 0.6 is 28.3 Å². The van der Waals surface area contributed by atoms with Crippen molar-refractivity contribution in [1.82, 2.24) is 0 Å². The fourth-order valence-electron chi connectivity index (χ4n) is 1.24. The van der Waals surface area contributed by atoms with E-state index in [0.717, 1.165) is 22.9 Å². The van der Waals surface area contributed by atoms with Crippen molar-refractivity contribution in [3.8, 4) is 0 Å². The molecule has 0 aliphatic heterocycles. The molecule has 0 spiro atoms. The van der Waals surface area contributed by atoms with Crippen molar-refractivity contribution < 1.29 is 5.11 Å². The van der Waals surface area contributed by atoms with E-state index in [2.05, 4.69) is 15.9 Å². The van der Waals surface area contributed by atoms with Crippen LogP contribution in [-0.2, 0) is 0 Å². The summed E-state index contributed by atoms with van der Waals surface area (Å²) in [5.74, 6) is 0. The zero-order valence-corrected chi connectivity index (χ0v) is 10.2. The molecule has 1 atom stereocenters. The molecule has 14 heavy (non-hydrogen) atoms. The average Bonchev–Trinajstić information content (AvgIpc) is 2.15. The number of hydrogen-bond acceptors (Lipinski definition) is 2. The Balaban J connectivity index is 0.00000169. The Hall–Kier alpha value is -0.0900. The first-order valence-corrected chi connectivity index (χ1v) is 5.16. The fraction of sp³-hybridized carbons (Fsp3) is 0.400. The Bertz CT molecular complexity index is 270. The summed E-state index contributed by atoms with van der Waals surface area (Å²) in [6, 6.07) is 7.94. The predicted octanol–water partition coefficient (Wildman–Crippen LogP) is 2.64. The second-order valence-corrected chi connectivity index (χ2v) is 3.85. The maximum atomic E-state index is 8.66. The first kappa shape index (κ1) is 13.9. The van der Waals surface area contributed by atoms with E-state index in [0.29, 0.717) is 0 Å². The standard InChI is InChI=1S/C10H14BrNO.ClH/c11-9-5-2-1-4-8(9)10(12)6-3-7-13;/h1-2,4-5,10,13H,3,6-7,12H2;1H/t10-;/m1./s1. The van der Waals surface area contributed by atoms with Gasteiger partial charge in [0.2, 0.25) is 0 Å². The van der Waals surface area contributed by atoms with Crippen LogP contribution in [0.5, 0.6) is 0 Å². The Labute approximate surface area is 99.0 Å². The smallest absolute Gasteiger partial charge is 0.0431 e. The molecule has 0 amide bonds. The molecule has 1 rings (SSSR count). The van der Waals surface area contributed by atoms with Gasteiger partial charge in [-0.3, -0.25) is 0 Å². The molecule has 0 bridgehead atoms. The Kier molecular flexibility index (Phi) is 7.19. The van der Waals surface area contributed by atoms with Gasteiger partial charge in [0.05, 0.1) is 0 Å². The van der Waals surface area contributed by atoms with Gasteiger partial charge in [0, 0.05) is 17.1 Å². The molecule has 0 saturated carbocycles. The van der Waals surface area contributed by atoms with Crippen LogP contribution in [0.15, 0.2) is 28.7 Å². The molecule has 0 heterocycles. The Morgan fingerprint density at radius 1 is 1.36 bits per heavy atom. The number of hydrogen-bond donors (Lipinski definition) is 2. The average molecular weight is 281 g/mol. The van der Waals surface area contributed by atoms with Crippen molar-refractivity contribution in [1.29, 1.82) is 0 Å². The van der Waals surface area contributed by atoms with Crippen LogP contribution < -0.4 is 5.73 Å². The minimum atomic E-state index is 0. The lowest BCUT2D eigenvalue weighted by Gasteiger charge is -2.12. The van der Waals surface area contributed by atoms with E-state index in [-0.39, 0.29) is 25.1 Å². The van der Waals surface area contributed by atoms with Gasteiger partial charge < -0.3 is 10.8 Å².